The summed E-state index contributed by atoms with van der Waals surface area (Å²) in [6.45, 7) is 4.23. The number of fused-ring (bicyclic) bond motifs is 1. The molecule has 2 heteroatoms. The van der Waals surface area contributed by atoms with Gasteiger partial charge in [0.25, 0.3) is 0 Å². The lowest BCUT2D eigenvalue weighted by Gasteiger charge is -2.11. The van der Waals surface area contributed by atoms with Gasteiger partial charge in [-0.15, -0.1) is 0 Å². The van der Waals surface area contributed by atoms with E-state index >= 15 is 0 Å². The molecule has 2 N–H and O–H groups in total. The van der Waals surface area contributed by atoms with Gasteiger partial charge >= 0.3 is 0 Å². The molecule has 0 spiro atoms. The highest BCUT2D eigenvalue weighted by molar-refractivity contribution is 5.65. The summed E-state index contributed by atoms with van der Waals surface area (Å²) < 4.78 is 0. The third-order valence-corrected chi connectivity index (χ3v) is 3.30. The number of rotatable bonds is 1. The van der Waals surface area contributed by atoms with Crippen LogP contribution in [0.3, 0.4) is 0 Å². The lowest BCUT2D eigenvalue weighted by Crippen LogP contribution is -2.22. The van der Waals surface area contributed by atoms with Crippen LogP contribution in [0.1, 0.15) is 16.8 Å². The Morgan fingerprint density at radius 2 is 2.06 bits per heavy atom. The van der Waals surface area contributed by atoms with Gasteiger partial charge in [-0.3, -0.25) is 0 Å². The van der Waals surface area contributed by atoms with Crippen molar-refractivity contribution in [2.45, 2.75) is 19.9 Å². The van der Waals surface area contributed by atoms with E-state index in [0.29, 0.717) is 0 Å². The van der Waals surface area contributed by atoms with Gasteiger partial charge in [0.05, 0.1) is 0 Å². The zero-order chi connectivity index (χ0) is 11.0. The fraction of sp³-hybridized carbons (Fsp3) is 0.286. The topological polar surface area (TPSA) is 27.8 Å². The van der Waals surface area contributed by atoms with Crippen LogP contribution in [0, 0.1) is 6.92 Å². The van der Waals surface area contributed by atoms with Gasteiger partial charge in [-0.2, -0.15) is 0 Å². The van der Waals surface area contributed by atoms with Crippen LogP contribution in [-0.4, -0.2) is 11.5 Å². The maximum absolute atomic E-state index is 3.53. The van der Waals surface area contributed by atoms with Crippen molar-refractivity contribution < 1.29 is 0 Å². The summed E-state index contributed by atoms with van der Waals surface area (Å²) in [7, 11) is 0. The fourth-order valence-electron chi connectivity index (χ4n) is 2.38. The lowest BCUT2D eigenvalue weighted by atomic mass is 10.0. The molecule has 0 saturated carbocycles. The number of aromatic nitrogens is 1. The molecule has 3 rings (SSSR count). The zero-order valence-electron chi connectivity index (χ0n) is 9.51. The van der Waals surface area contributed by atoms with Crippen LogP contribution in [0.4, 0.5) is 0 Å². The smallest absolute Gasteiger partial charge is 0.0461 e. The second-order valence-electron chi connectivity index (χ2n) is 4.43. The molecule has 0 bridgehead atoms. The Morgan fingerprint density at radius 1 is 1.19 bits per heavy atom. The average Bonchev–Trinajstić information content (AvgIpc) is 2.73. The fourth-order valence-corrected chi connectivity index (χ4v) is 2.38. The van der Waals surface area contributed by atoms with Crippen molar-refractivity contribution in [3.63, 3.8) is 0 Å². The van der Waals surface area contributed by atoms with E-state index in [2.05, 4.69) is 47.6 Å². The van der Waals surface area contributed by atoms with Crippen molar-refractivity contribution in [1.82, 2.24) is 10.3 Å². The van der Waals surface area contributed by atoms with E-state index in [9.17, 15) is 0 Å². The maximum Gasteiger partial charge on any atom is 0.0461 e. The van der Waals surface area contributed by atoms with Crippen LogP contribution in [0.5, 0.6) is 0 Å². The van der Waals surface area contributed by atoms with Crippen LogP contribution in [0.25, 0.3) is 11.3 Å². The summed E-state index contributed by atoms with van der Waals surface area (Å²) in [4.78, 5) is 3.53. The van der Waals surface area contributed by atoms with Gasteiger partial charge < -0.3 is 10.3 Å². The average molecular weight is 212 g/mol. The monoisotopic (exact) mass is 212 g/mol. The Bertz CT molecular complexity index is 488. The summed E-state index contributed by atoms with van der Waals surface area (Å²) in [6.07, 6.45) is 1.14. The van der Waals surface area contributed by atoms with Gasteiger partial charge in [-0.05, 0) is 37.1 Å². The molecule has 2 aromatic rings. The molecule has 0 amide bonds. The van der Waals surface area contributed by atoms with Gasteiger partial charge in [0.15, 0.2) is 0 Å². The van der Waals surface area contributed by atoms with Crippen LogP contribution >= 0.6 is 0 Å². The van der Waals surface area contributed by atoms with Gasteiger partial charge in [0, 0.05) is 23.5 Å². The minimum absolute atomic E-state index is 0.973. The molecule has 0 atom stereocenters. The number of nitrogens with one attached hydrogen (secondary N) is 2. The largest absolute Gasteiger partial charge is 0.357 e. The number of aryl methyl sites for hydroxylation is 1. The molecule has 82 valence electrons. The zero-order valence-corrected chi connectivity index (χ0v) is 9.51. The molecular formula is C14H16N2. The lowest BCUT2D eigenvalue weighted by molar-refractivity contribution is 0.635. The summed E-state index contributed by atoms with van der Waals surface area (Å²) in [6, 6.07) is 10.8. The summed E-state index contributed by atoms with van der Waals surface area (Å²) >= 11 is 0. The van der Waals surface area contributed by atoms with Crippen molar-refractivity contribution in [1.29, 1.82) is 0 Å². The van der Waals surface area contributed by atoms with Crippen molar-refractivity contribution in [3.8, 4) is 11.3 Å². The highest BCUT2D eigenvalue weighted by Crippen LogP contribution is 2.26. The summed E-state index contributed by atoms with van der Waals surface area (Å²) in [5.41, 5.74) is 6.72. The Morgan fingerprint density at radius 3 is 2.88 bits per heavy atom. The molecule has 16 heavy (non-hydrogen) atoms. The molecule has 0 saturated heterocycles. The summed E-state index contributed by atoms with van der Waals surface area (Å²) in [5.74, 6) is 0. The molecule has 1 aromatic carbocycles. The first-order chi connectivity index (χ1) is 7.84. The van der Waals surface area contributed by atoms with E-state index in [1.807, 2.05) is 0 Å². The van der Waals surface area contributed by atoms with E-state index in [4.69, 9.17) is 0 Å². The van der Waals surface area contributed by atoms with Crippen molar-refractivity contribution >= 4 is 0 Å². The number of benzene rings is 1. The van der Waals surface area contributed by atoms with Crippen LogP contribution in [0.15, 0.2) is 30.3 Å². The summed E-state index contributed by atoms with van der Waals surface area (Å²) in [5, 5.41) is 3.39. The first-order valence-electron chi connectivity index (χ1n) is 5.82. The van der Waals surface area contributed by atoms with Crippen LogP contribution in [0.2, 0.25) is 0 Å². The standard InChI is InChI=1S/C14H16N2/c1-10-4-2-3-5-12(10)13-8-11-6-7-15-9-14(11)16-13/h2-5,8,15-16H,6-7,9H2,1H3. The molecule has 2 nitrogen and oxygen atoms in total. The van der Waals surface area contributed by atoms with Crippen molar-refractivity contribution in [3.05, 3.63) is 47.2 Å². The first kappa shape index (κ1) is 9.67. The molecule has 2 heterocycles. The minimum atomic E-state index is 0.973. The molecule has 0 fully saturated rings. The van der Waals surface area contributed by atoms with E-state index in [1.165, 1.54) is 28.1 Å². The van der Waals surface area contributed by atoms with Crippen molar-refractivity contribution in [2.24, 2.45) is 0 Å². The van der Waals surface area contributed by atoms with E-state index in [0.717, 1.165) is 19.5 Å². The van der Waals surface area contributed by atoms with E-state index in [-0.39, 0.29) is 0 Å². The second kappa shape index (κ2) is 3.80. The SMILES string of the molecule is Cc1ccccc1-c1cc2c([nH]1)CNCC2. The van der Waals surface area contributed by atoms with E-state index < -0.39 is 0 Å². The third-order valence-electron chi connectivity index (χ3n) is 3.30. The Balaban J connectivity index is 2.07. The Hall–Kier alpha value is -1.54. The second-order valence-corrected chi connectivity index (χ2v) is 4.43. The highest BCUT2D eigenvalue weighted by Gasteiger charge is 2.13. The number of H-pyrrole nitrogens is 1. The molecule has 0 unspecified atom stereocenters. The van der Waals surface area contributed by atoms with Gasteiger partial charge in [0.2, 0.25) is 0 Å². The molecular weight excluding hydrogens is 196 g/mol. The molecule has 1 aliphatic rings. The van der Waals surface area contributed by atoms with Crippen LogP contribution < -0.4 is 5.32 Å². The van der Waals surface area contributed by atoms with E-state index in [1.54, 1.807) is 0 Å². The minimum Gasteiger partial charge on any atom is -0.357 e. The highest BCUT2D eigenvalue weighted by atomic mass is 14.9. The predicted octanol–water partition coefficient (Wildman–Crippen LogP) is 2.64. The number of hydrogen-bond acceptors (Lipinski definition) is 1. The van der Waals surface area contributed by atoms with Crippen LogP contribution in [-0.2, 0) is 13.0 Å². The Kier molecular flexibility index (Phi) is 2.29. The molecule has 0 aliphatic carbocycles. The van der Waals surface area contributed by atoms with Gasteiger partial charge in [-0.25, -0.2) is 0 Å². The quantitative estimate of drug-likeness (QED) is 0.747. The first-order valence-corrected chi connectivity index (χ1v) is 5.82. The molecule has 0 radical (unpaired) electrons. The number of aromatic amines is 1. The Labute approximate surface area is 95.7 Å². The molecule has 1 aromatic heterocycles. The van der Waals surface area contributed by atoms with Crippen molar-refractivity contribution in [2.75, 3.05) is 6.54 Å². The van der Waals surface area contributed by atoms with Gasteiger partial charge in [0.1, 0.15) is 0 Å². The predicted molar refractivity (Wildman–Crippen MR) is 66.4 cm³/mol. The maximum atomic E-state index is 3.53. The van der Waals surface area contributed by atoms with Gasteiger partial charge in [-0.1, -0.05) is 24.3 Å². The normalized spacial score (nSPS) is 14.8. The third kappa shape index (κ3) is 1.55. The number of hydrogen-bond donors (Lipinski definition) is 2. The molecule has 1 aliphatic heterocycles.